The Kier molecular flexibility index (Phi) is 5.59. The number of aromatic hydroxyl groups is 1. The Hall–Kier alpha value is -3.85. The van der Waals surface area contributed by atoms with Crippen LogP contribution in [0.15, 0.2) is 53.7 Å². The first-order valence-corrected chi connectivity index (χ1v) is 9.55. The summed E-state index contributed by atoms with van der Waals surface area (Å²) in [5.41, 5.74) is 2.52. The second-order valence-corrected chi connectivity index (χ2v) is 6.80. The molecule has 0 spiro atoms. The number of aromatic nitrogens is 4. The third-order valence-corrected chi connectivity index (χ3v) is 4.95. The molecular weight excluding hydrogens is 400 g/mol. The van der Waals surface area contributed by atoms with Crippen LogP contribution in [0.3, 0.4) is 0 Å². The van der Waals surface area contributed by atoms with E-state index in [4.69, 9.17) is 14.2 Å². The molecule has 0 unspecified atom stereocenters. The van der Waals surface area contributed by atoms with Gasteiger partial charge in [-0.15, -0.1) is 0 Å². The molecule has 0 aliphatic carbocycles. The second kappa shape index (κ2) is 8.49. The average molecular weight is 422 g/mol. The number of nitrogens with zero attached hydrogens (tertiary/aromatic N) is 4. The molecule has 0 fully saturated rings. The molecule has 4 aromatic heterocycles. The van der Waals surface area contributed by atoms with E-state index < -0.39 is 0 Å². The minimum Gasteiger partial charge on any atom is -0.494 e. The SMILES string of the molecule is COCCn1cc(-n2cc3nc(-c4cnc(OC)c(OC)c4)ccc3c2O)ccc1=O. The van der Waals surface area contributed by atoms with E-state index in [1.54, 1.807) is 61.6 Å². The van der Waals surface area contributed by atoms with Crippen molar-refractivity contribution < 1.29 is 19.3 Å². The van der Waals surface area contributed by atoms with Crippen LogP contribution in [0.4, 0.5) is 0 Å². The van der Waals surface area contributed by atoms with Crippen LogP contribution < -0.4 is 15.0 Å². The summed E-state index contributed by atoms with van der Waals surface area (Å²) >= 11 is 0. The normalized spacial score (nSPS) is 11.1. The summed E-state index contributed by atoms with van der Waals surface area (Å²) in [7, 11) is 4.65. The van der Waals surface area contributed by atoms with Crippen molar-refractivity contribution in [1.82, 2.24) is 19.1 Å². The maximum Gasteiger partial charge on any atom is 0.256 e. The Labute approximate surface area is 178 Å². The number of hydrogen-bond donors (Lipinski definition) is 1. The number of fused-ring (bicyclic) bond motifs is 1. The summed E-state index contributed by atoms with van der Waals surface area (Å²) in [5.74, 6) is 0.928. The van der Waals surface area contributed by atoms with Gasteiger partial charge in [-0.2, -0.15) is 0 Å². The lowest BCUT2D eigenvalue weighted by atomic mass is 10.1. The van der Waals surface area contributed by atoms with Crippen molar-refractivity contribution in [2.45, 2.75) is 6.54 Å². The summed E-state index contributed by atoms with van der Waals surface area (Å²) in [6.45, 7) is 0.826. The van der Waals surface area contributed by atoms with Gasteiger partial charge in [-0.25, -0.2) is 9.97 Å². The topological polar surface area (TPSA) is 101 Å². The van der Waals surface area contributed by atoms with E-state index in [9.17, 15) is 9.90 Å². The van der Waals surface area contributed by atoms with Gasteiger partial charge in [-0.3, -0.25) is 9.36 Å². The predicted molar refractivity (Wildman–Crippen MR) is 115 cm³/mol. The van der Waals surface area contributed by atoms with Crippen LogP contribution in [0.2, 0.25) is 0 Å². The Morgan fingerprint density at radius 1 is 1.06 bits per heavy atom. The van der Waals surface area contributed by atoms with Gasteiger partial charge in [-0.05, 0) is 24.3 Å². The number of hydrogen-bond acceptors (Lipinski definition) is 7. The summed E-state index contributed by atoms with van der Waals surface area (Å²) < 4.78 is 18.7. The zero-order chi connectivity index (χ0) is 22.0. The molecular formula is C22H22N4O5. The van der Waals surface area contributed by atoms with E-state index in [1.165, 1.54) is 17.7 Å². The largest absolute Gasteiger partial charge is 0.494 e. The lowest BCUT2D eigenvalue weighted by Gasteiger charge is -2.09. The van der Waals surface area contributed by atoms with E-state index in [-0.39, 0.29) is 11.4 Å². The molecule has 0 amide bonds. The quantitative estimate of drug-likeness (QED) is 0.489. The molecule has 0 aliphatic heterocycles. The maximum absolute atomic E-state index is 12.1. The number of pyridine rings is 3. The Morgan fingerprint density at radius 3 is 2.65 bits per heavy atom. The molecule has 0 saturated heterocycles. The molecule has 0 aliphatic rings. The fraction of sp³-hybridized carbons (Fsp3) is 0.227. The average Bonchev–Trinajstić information content (AvgIpc) is 3.13. The van der Waals surface area contributed by atoms with Gasteiger partial charge < -0.3 is 23.9 Å². The number of rotatable bonds is 7. The van der Waals surface area contributed by atoms with Crippen molar-refractivity contribution in [3.05, 3.63) is 59.3 Å². The molecule has 4 heterocycles. The molecule has 9 heteroatoms. The van der Waals surface area contributed by atoms with Gasteiger partial charge in [0.1, 0.15) is 0 Å². The molecule has 0 aromatic carbocycles. The smallest absolute Gasteiger partial charge is 0.256 e. The lowest BCUT2D eigenvalue weighted by Crippen LogP contribution is -2.21. The van der Waals surface area contributed by atoms with Gasteiger partial charge in [0.15, 0.2) is 5.75 Å². The Balaban J connectivity index is 1.76. The molecule has 0 radical (unpaired) electrons. The minimum absolute atomic E-state index is 0.0384. The molecule has 4 rings (SSSR count). The van der Waals surface area contributed by atoms with Crippen molar-refractivity contribution in [2.75, 3.05) is 27.9 Å². The van der Waals surface area contributed by atoms with Crippen molar-refractivity contribution >= 4 is 10.9 Å². The highest BCUT2D eigenvalue weighted by atomic mass is 16.5. The van der Waals surface area contributed by atoms with E-state index in [0.717, 1.165) is 5.56 Å². The molecule has 1 N–H and O–H groups in total. The van der Waals surface area contributed by atoms with E-state index in [0.29, 0.717) is 47.1 Å². The minimum atomic E-state index is -0.140. The summed E-state index contributed by atoms with van der Waals surface area (Å²) in [5, 5.41) is 11.3. The lowest BCUT2D eigenvalue weighted by molar-refractivity contribution is 0.186. The fourth-order valence-corrected chi connectivity index (χ4v) is 3.33. The van der Waals surface area contributed by atoms with Crippen molar-refractivity contribution in [3.63, 3.8) is 0 Å². The summed E-state index contributed by atoms with van der Waals surface area (Å²) in [6, 6.07) is 8.51. The van der Waals surface area contributed by atoms with Gasteiger partial charge >= 0.3 is 0 Å². The highest BCUT2D eigenvalue weighted by Gasteiger charge is 2.14. The molecule has 0 bridgehead atoms. The zero-order valence-corrected chi connectivity index (χ0v) is 17.4. The summed E-state index contributed by atoms with van der Waals surface area (Å²) in [6.07, 6.45) is 5.06. The fourth-order valence-electron chi connectivity index (χ4n) is 3.33. The van der Waals surface area contributed by atoms with Crippen molar-refractivity contribution in [2.24, 2.45) is 0 Å². The van der Waals surface area contributed by atoms with Crippen LogP contribution in [0.25, 0.3) is 27.8 Å². The van der Waals surface area contributed by atoms with Crippen LogP contribution in [0, 0.1) is 0 Å². The molecule has 31 heavy (non-hydrogen) atoms. The van der Waals surface area contributed by atoms with Gasteiger partial charge in [0.25, 0.3) is 11.4 Å². The van der Waals surface area contributed by atoms with E-state index in [1.807, 2.05) is 0 Å². The van der Waals surface area contributed by atoms with Crippen molar-refractivity contribution in [3.8, 4) is 34.5 Å². The zero-order valence-electron chi connectivity index (χ0n) is 17.4. The molecule has 160 valence electrons. The third-order valence-electron chi connectivity index (χ3n) is 4.95. The first kappa shape index (κ1) is 20.4. The van der Waals surface area contributed by atoms with Crippen LogP contribution in [-0.4, -0.2) is 52.1 Å². The van der Waals surface area contributed by atoms with E-state index in [2.05, 4.69) is 9.97 Å². The highest BCUT2D eigenvalue weighted by molar-refractivity contribution is 5.87. The number of methoxy groups -OCH3 is 3. The van der Waals surface area contributed by atoms with E-state index >= 15 is 0 Å². The van der Waals surface area contributed by atoms with Crippen LogP contribution in [0.1, 0.15) is 0 Å². The predicted octanol–water partition coefficient (Wildman–Crippen LogP) is 2.62. The van der Waals surface area contributed by atoms with Crippen LogP contribution >= 0.6 is 0 Å². The maximum atomic E-state index is 12.1. The molecule has 4 aromatic rings. The first-order valence-electron chi connectivity index (χ1n) is 9.55. The van der Waals surface area contributed by atoms with Gasteiger partial charge in [0, 0.05) is 43.9 Å². The molecule has 0 saturated carbocycles. The Morgan fingerprint density at radius 2 is 1.90 bits per heavy atom. The number of ether oxygens (including phenoxy) is 3. The Bertz CT molecular complexity index is 1300. The highest BCUT2D eigenvalue weighted by Crippen LogP contribution is 2.33. The van der Waals surface area contributed by atoms with Crippen LogP contribution in [0.5, 0.6) is 17.5 Å². The third kappa shape index (κ3) is 3.82. The first-order chi connectivity index (χ1) is 15.0. The molecule has 9 nitrogen and oxygen atoms in total. The van der Waals surface area contributed by atoms with Crippen LogP contribution in [-0.2, 0) is 11.3 Å². The van der Waals surface area contributed by atoms with Crippen molar-refractivity contribution in [1.29, 1.82) is 0 Å². The standard InChI is InChI=1S/C22H22N4O5/c1-29-9-8-25-12-15(4-7-20(25)27)26-13-18-16(22(26)28)5-6-17(24-18)14-10-19(30-2)21(31-3)23-11-14/h4-7,10-13,28H,8-9H2,1-3H3. The van der Waals surface area contributed by atoms with Gasteiger partial charge in [0.05, 0.1) is 43.1 Å². The second-order valence-electron chi connectivity index (χ2n) is 6.80. The molecule has 0 atom stereocenters. The monoisotopic (exact) mass is 422 g/mol. The van der Waals surface area contributed by atoms with Gasteiger partial charge in [-0.1, -0.05) is 0 Å². The van der Waals surface area contributed by atoms with Gasteiger partial charge in [0.2, 0.25) is 5.88 Å². The summed E-state index contributed by atoms with van der Waals surface area (Å²) in [4.78, 5) is 21.0.